The van der Waals surface area contributed by atoms with E-state index in [0.29, 0.717) is 22.3 Å². The van der Waals surface area contributed by atoms with E-state index in [9.17, 15) is 22.8 Å². The maximum Gasteiger partial charge on any atom is 0.451 e. The highest BCUT2D eigenvalue weighted by atomic mass is 19.4. The van der Waals surface area contributed by atoms with Crippen molar-refractivity contribution in [2.45, 2.75) is 38.8 Å². The third-order valence-electron chi connectivity index (χ3n) is 3.35. The zero-order chi connectivity index (χ0) is 16.7. The number of carbonyl (C=O) groups excluding carboxylic acids is 1. The predicted molar refractivity (Wildman–Crippen MR) is 69.1 cm³/mol. The molecule has 0 aromatic carbocycles. The van der Waals surface area contributed by atoms with Crippen molar-refractivity contribution in [3.05, 3.63) is 16.3 Å². The van der Waals surface area contributed by atoms with Crippen molar-refractivity contribution >= 4 is 5.91 Å². The normalized spacial score (nSPS) is 22.9. The fourth-order valence-electron chi connectivity index (χ4n) is 2.45. The van der Waals surface area contributed by atoms with E-state index in [1.54, 1.807) is 13.8 Å². The Morgan fingerprint density at radius 1 is 1.32 bits per heavy atom. The minimum absolute atomic E-state index is 0.168. The van der Waals surface area contributed by atoms with Crippen LogP contribution in [0.4, 0.5) is 13.2 Å². The first-order valence-electron chi connectivity index (χ1n) is 6.74. The molecule has 0 saturated carbocycles. The van der Waals surface area contributed by atoms with Gasteiger partial charge in [-0.3, -0.25) is 9.36 Å². The van der Waals surface area contributed by atoms with Crippen LogP contribution in [-0.4, -0.2) is 50.5 Å². The molecule has 2 unspecified atom stereocenters. The zero-order valence-corrected chi connectivity index (χ0v) is 12.4. The van der Waals surface area contributed by atoms with E-state index in [1.165, 1.54) is 4.90 Å². The molecule has 1 fully saturated rings. The van der Waals surface area contributed by atoms with Crippen LogP contribution < -0.4 is 5.69 Å². The van der Waals surface area contributed by atoms with Crippen molar-refractivity contribution in [3.8, 4) is 0 Å². The first-order chi connectivity index (χ1) is 10.1. The molecule has 2 rings (SSSR count). The summed E-state index contributed by atoms with van der Waals surface area (Å²) in [4.78, 5) is 25.4. The van der Waals surface area contributed by atoms with Crippen LogP contribution in [0.15, 0.2) is 4.79 Å². The lowest BCUT2D eigenvalue weighted by Crippen LogP contribution is -2.49. The summed E-state index contributed by atoms with van der Waals surface area (Å²) in [6.07, 6.45) is -5.08. The molecule has 22 heavy (non-hydrogen) atoms. The fraction of sp³-hybridized carbons (Fsp3) is 0.750. The number of ether oxygens (including phenoxy) is 1. The summed E-state index contributed by atoms with van der Waals surface area (Å²) in [5.41, 5.74) is -0.977. The van der Waals surface area contributed by atoms with Gasteiger partial charge in [-0.25, -0.2) is 9.48 Å². The van der Waals surface area contributed by atoms with Gasteiger partial charge in [-0.1, -0.05) is 0 Å². The van der Waals surface area contributed by atoms with Gasteiger partial charge >= 0.3 is 11.9 Å². The third-order valence-corrected chi connectivity index (χ3v) is 3.35. The van der Waals surface area contributed by atoms with Crippen LogP contribution in [0.3, 0.4) is 0 Å². The highest BCUT2D eigenvalue weighted by Gasteiger charge is 2.38. The summed E-state index contributed by atoms with van der Waals surface area (Å²) in [6.45, 7) is 3.73. The van der Waals surface area contributed by atoms with Crippen molar-refractivity contribution in [2.24, 2.45) is 7.05 Å². The topological polar surface area (TPSA) is 69.4 Å². The van der Waals surface area contributed by atoms with Gasteiger partial charge < -0.3 is 9.64 Å². The number of amides is 1. The van der Waals surface area contributed by atoms with Crippen molar-refractivity contribution < 1.29 is 22.7 Å². The Morgan fingerprint density at radius 3 is 2.32 bits per heavy atom. The fourth-order valence-corrected chi connectivity index (χ4v) is 2.45. The molecule has 1 saturated heterocycles. The van der Waals surface area contributed by atoms with Gasteiger partial charge in [0.25, 0.3) is 0 Å². The van der Waals surface area contributed by atoms with E-state index >= 15 is 0 Å². The summed E-state index contributed by atoms with van der Waals surface area (Å²) >= 11 is 0. The summed E-state index contributed by atoms with van der Waals surface area (Å²) in [7, 11) is 0.970. The Hall–Kier alpha value is -1.84. The van der Waals surface area contributed by atoms with E-state index in [2.05, 4.69) is 5.10 Å². The molecule has 7 nitrogen and oxygen atoms in total. The lowest BCUT2D eigenvalue weighted by Gasteiger charge is -2.35. The number of nitrogens with zero attached hydrogens (tertiary/aromatic N) is 4. The van der Waals surface area contributed by atoms with Gasteiger partial charge in [0, 0.05) is 20.1 Å². The average molecular weight is 322 g/mol. The molecule has 2 heterocycles. The standard InChI is InChI=1S/C12H17F3N4O3/c1-7-4-18(5-8(2)22-7)9(20)6-19-11(21)17(3)10(16-19)12(13,14)15/h7-8H,4-6H2,1-3H3. The molecule has 1 aliphatic rings. The van der Waals surface area contributed by atoms with Gasteiger partial charge in [0.2, 0.25) is 11.7 Å². The number of halogens is 3. The number of hydrogen-bond donors (Lipinski definition) is 0. The smallest absolute Gasteiger partial charge is 0.372 e. The van der Waals surface area contributed by atoms with Gasteiger partial charge in [0.05, 0.1) is 12.2 Å². The molecule has 0 aliphatic carbocycles. The third kappa shape index (κ3) is 3.32. The van der Waals surface area contributed by atoms with Gasteiger partial charge in [0.1, 0.15) is 6.54 Å². The quantitative estimate of drug-likeness (QED) is 0.782. The van der Waals surface area contributed by atoms with Gasteiger partial charge in [-0.15, -0.1) is 5.10 Å². The molecular weight excluding hydrogens is 305 g/mol. The highest BCUT2D eigenvalue weighted by molar-refractivity contribution is 5.76. The summed E-state index contributed by atoms with van der Waals surface area (Å²) in [6, 6.07) is 0. The van der Waals surface area contributed by atoms with Crippen LogP contribution in [0.1, 0.15) is 19.7 Å². The van der Waals surface area contributed by atoms with Crippen LogP contribution in [-0.2, 0) is 29.3 Å². The minimum Gasteiger partial charge on any atom is -0.372 e. The second kappa shape index (κ2) is 5.75. The van der Waals surface area contributed by atoms with E-state index in [1.807, 2.05) is 0 Å². The first-order valence-corrected chi connectivity index (χ1v) is 6.74. The molecular formula is C12H17F3N4O3. The number of aromatic nitrogens is 3. The van der Waals surface area contributed by atoms with Crippen LogP contribution in [0, 0.1) is 0 Å². The Kier molecular flexibility index (Phi) is 4.32. The largest absolute Gasteiger partial charge is 0.451 e. The van der Waals surface area contributed by atoms with Crippen LogP contribution >= 0.6 is 0 Å². The predicted octanol–water partition coefficient (Wildman–Crippen LogP) is 0.236. The molecule has 0 spiro atoms. The average Bonchev–Trinajstić information content (AvgIpc) is 2.65. The van der Waals surface area contributed by atoms with Gasteiger partial charge in [-0.2, -0.15) is 13.2 Å². The van der Waals surface area contributed by atoms with Crippen molar-refractivity contribution in [1.82, 2.24) is 19.2 Å². The summed E-state index contributed by atoms with van der Waals surface area (Å²) in [5, 5.41) is 3.22. The highest BCUT2D eigenvalue weighted by Crippen LogP contribution is 2.26. The molecule has 1 aliphatic heterocycles. The van der Waals surface area contributed by atoms with E-state index in [4.69, 9.17) is 4.74 Å². The Bertz CT molecular complexity index is 612. The molecule has 1 aromatic heterocycles. The molecule has 124 valence electrons. The SMILES string of the molecule is CC1CN(C(=O)Cn2nc(C(F)(F)F)n(C)c2=O)CC(C)O1. The maximum atomic E-state index is 12.7. The molecule has 1 amide bonds. The van der Waals surface area contributed by atoms with Gasteiger partial charge in [0.15, 0.2) is 0 Å². The Labute approximate surface area is 124 Å². The second-order valence-corrected chi connectivity index (χ2v) is 5.38. The van der Waals surface area contributed by atoms with Crippen LogP contribution in [0.25, 0.3) is 0 Å². The maximum absolute atomic E-state index is 12.7. The molecule has 2 atom stereocenters. The van der Waals surface area contributed by atoms with E-state index in [0.717, 1.165) is 7.05 Å². The second-order valence-electron chi connectivity index (χ2n) is 5.38. The first kappa shape index (κ1) is 16.5. The van der Waals surface area contributed by atoms with Gasteiger partial charge in [-0.05, 0) is 13.8 Å². The number of alkyl halides is 3. The summed E-state index contributed by atoms with van der Waals surface area (Å²) < 4.78 is 44.5. The van der Waals surface area contributed by atoms with Crippen LogP contribution in [0.5, 0.6) is 0 Å². The number of carbonyl (C=O) groups is 1. The van der Waals surface area contributed by atoms with Crippen molar-refractivity contribution in [1.29, 1.82) is 0 Å². The zero-order valence-electron chi connectivity index (χ0n) is 12.4. The van der Waals surface area contributed by atoms with E-state index in [-0.39, 0.29) is 12.2 Å². The molecule has 1 aromatic rings. The Morgan fingerprint density at radius 2 is 1.86 bits per heavy atom. The number of morpholine rings is 1. The van der Waals surface area contributed by atoms with Crippen molar-refractivity contribution in [2.75, 3.05) is 13.1 Å². The molecule has 0 bridgehead atoms. The number of rotatable bonds is 2. The Balaban J connectivity index is 2.17. The molecule has 0 radical (unpaired) electrons. The number of hydrogen-bond acceptors (Lipinski definition) is 4. The van der Waals surface area contributed by atoms with Crippen LogP contribution in [0.2, 0.25) is 0 Å². The lowest BCUT2D eigenvalue weighted by atomic mass is 10.2. The van der Waals surface area contributed by atoms with E-state index < -0.39 is 30.1 Å². The lowest BCUT2D eigenvalue weighted by molar-refractivity contribution is -0.148. The molecule has 0 N–H and O–H groups in total. The van der Waals surface area contributed by atoms with Crippen molar-refractivity contribution in [3.63, 3.8) is 0 Å². The minimum atomic E-state index is -4.75. The molecule has 10 heteroatoms. The monoisotopic (exact) mass is 322 g/mol. The summed E-state index contributed by atoms with van der Waals surface area (Å²) in [5.74, 6) is -1.79.